The van der Waals surface area contributed by atoms with E-state index in [4.69, 9.17) is 15.4 Å². The van der Waals surface area contributed by atoms with Crippen molar-refractivity contribution in [3.05, 3.63) is 96.2 Å². The Morgan fingerprint density at radius 1 is 0.926 bits per heavy atom. The first kappa shape index (κ1) is 16.7. The Labute approximate surface area is 157 Å². The second-order valence-electron chi connectivity index (χ2n) is 6.34. The largest absolute Gasteiger partial charge is 0.456 e. The Balaban J connectivity index is 1.62. The molecule has 0 fully saturated rings. The molecule has 0 unspecified atom stereocenters. The summed E-state index contributed by atoms with van der Waals surface area (Å²) in [6.07, 6.45) is 5.55. The number of furan rings is 1. The highest BCUT2D eigenvalue weighted by atomic mass is 16.3. The summed E-state index contributed by atoms with van der Waals surface area (Å²) in [6.45, 7) is 0. The van der Waals surface area contributed by atoms with Crippen molar-refractivity contribution < 1.29 is 4.42 Å². The van der Waals surface area contributed by atoms with Crippen LogP contribution in [-0.4, -0.2) is 0 Å². The molecule has 0 aliphatic rings. The molecule has 0 amide bonds. The van der Waals surface area contributed by atoms with E-state index in [1.165, 1.54) is 6.20 Å². The number of rotatable bonds is 4. The summed E-state index contributed by atoms with van der Waals surface area (Å²) in [6, 6.07) is 24.9. The molecule has 27 heavy (non-hydrogen) atoms. The van der Waals surface area contributed by atoms with E-state index in [2.05, 4.69) is 54.6 Å². The van der Waals surface area contributed by atoms with Gasteiger partial charge in [0.25, 0.3) is 0 Å². The van der Waals surface area contributed by atoms with Crippen LogP contribution in [0, 0.1) is 11.3 Å². The maximum atomic E-state index is 9.03. The second kappa shape index (κ2) is 7.23. The molecule has 1 aromatic heterocycles. The molecule has 3 heteroatoms. The molecular formula is C24H18N2O. The smallest absolute Gasteiger partial charge is 0.136 e. The zero-order valence-electron chi connectivity index (χ0n) is 14.7. The van der Waals surface area contributed by atoms with Crippen molar-refractivity contribution in [2.75, 3.05) is 0 Å². The number of nitrogens with zero attached hydrogens (tertiary/aromatic N) is 1. The second-order valence-corrected chi connectivity index (χ2v) is 6.34. The molecule has 4 rings (SSSR count). The SMILES string of the molecule is N#CC(/C=C\N)=C/Cc1ccc(-c2ccc3c(c2)oc2ccccc23)cc1. The summed E-state index contributed by atoms with van der Waals surface area (Å²) in [5, 5.41) is 11.3. The van der Waals surface area contributed by atoms with Gasteiger partial charge in [-0.05, 0) is 53.6 Å². The fraction of sp³-hybridized carbons (Fsp3) is 0.0417. The van der Waals surface area contributed by atoms with Crippen molar-refractivity contribution in [3.8, 4) is 17.2 Å². The van der Waals surface area contributed by atoms with Crippen molar-refractivity contribution in [2.45, 2.75) is 6.42 Å². The molecule has 1 heterocycles. The maximum absolute atomic E-state index is 9.03. The molecule has 0 radical (unpaired) electrons. The number of allylic oxidation sites excluding steroid dienone is 3. The van der Waals surface area contributed by atoms with E-state index in [-0.39, 0.29) is 0 Å². The lowest BCUT2D eigenvalue weighted by Gasteiger charge is -2.04. The Kier molecular flexibility index (Phi) is 4.47. The van der Waals surface area contributed by atoms with Gasteiger partial charge in [-0.2, -0.15) is 5.26 Å². The number of para-hydroxylation sites is 1. The van der Waals surface area contributed by atoms with E-state index in [0.717, 1.165) is 38.6 Å². The minimum atomic E-state index is 0.567. The van der Waals surface area contributed by atoms with Gasteiger partial charge in [0.05, 0.1) is 6.07 Å². The summed E-state index contributed by atoms with van der Waals surface area (Å²) in [5.41, 5.74) is 11.1. The Morgan fingerprint density at radius 3 is 2.44 bits per heavy atom. The highest BCUT2D eigenvalue weighted by molar-refractivity contribution is 6.05. The molecular weight excluding hydrogens is 332 g/mol. The summed E-state index contributed by atoms with van der Waals surface area (Å²) < 4.78 is 5.98. The fourth-order valence-electron chi connectivity index (χ4n) is 3.22. The summed E-state index contributed by atoms with van der Waals surface area (Å²) in [5.74, 6) is 0. The van der Waals surface area contributed by atoms with Crippen LogP contribution < -0.4 is 5.73 Å². The maximum Gasteiger partial charge on any atom is 0.136 e. The average Bonchev–Trinajstić information content (AvgIpc) is 3.09. The van der Waals surface area contributed by atoms with Gasteiger partial charge >= 0.3 is 0 Å². The van der Waals surface area contributed by atoms with Crippen molar-refractivity contribution in [1.29, 1.82) is 5.26 Å². The quantitative estimate of drug-likeness (QED) is 0.378. The Hall–Kier alpha value is -3.77. The van der Waals surface area contributed by atoms with Crippen LogP contribution in [0.2, 0.25) is 0 Å². The minimum absolute atomic E-state index is 0.567. The molecule has 0 spiro atoms. The van der Waals surface area contributed by atoms with Gasteiger partial charge in [-0.3, -0.25) is 0 Å². The number of fused-ring (bicyclic) bond motifs is 3. The summed E-state index contributed by atoms with van der Waals surface area (Å²) >= 11 is 0. The van der Waals surface area contributed by atoms with Crippen LogP contribution in [-0.2, 0) is 6.42 Å². The van der Waals surface area contributed by atoms with Crippen molar-refractivity contribution in [2.24, 2.45) is 5.73 Å². The molecule has 3 aromatic carbocycles. The van der Waals surface area contributed by atoms with E-state index in [1.807, 2.05) is 24.3 Å². The first-order valence-electron chi connectivity index (χ1n) is 8.77. The van der Waals surface area contributed by atoms with Crippen LogP contribution in [0.5, 0.6) is 0 Å². The third-order valence-corrected chi connectivity index (χ3v) is 4.63. The molecule has 4 aromatic rings. The normalized spacial score (nSPS) is 12.0. The highest BCUT2D eigenvalue weighted by Gasteiger charge is 2.07. The average molecular weight is 350 g/mol. The standard InChI is InChI=1S/C24H18N2O/c25-14-13-18(16-26)6-5-17-7-9-19(10-8-17)20-11-12-22-21-3-1-2-4-23(21)27-24(22)15-20/h1-4,6-15H,5,25H2/b14-13-,18-6+. The van der Waals surface area contributed by atoms with Crippen LogP contribution in [0.4, 0.5) is 0 Å². The van der Waals surface area contributed by atoms with E-state index in [1.54, 1.807) is 6.08 Å². The van der Waals surface area contributed by atoms with Crippen LogP contribution >= 0.6 is 0 Å². The van der Waals surface area contributed by atoms with E-state index >= 15 is 0 Å². The lowest BCUT2D eigenvalue weighted by atomic mass is 10.0. The van der Waals surface area contributed by atoms with E-state index < -0.39 is 0 Å². The van der Waals surface area contributed by atoms with Gasteiger partial charge in [0.15, 0.2) is 0 Å². The van der Waals surface area contributed by atoms with Gasteiger partial charge in [-0.25, -0.2) is 0 Å². The predicted molar refractivity (Wildman–Crippen MR) is 110 cm³/mol. The number of nitrogens with two attached hydrogens (primary N) is 1. The topological polar surface area (TPSA) is 63.0 Å². The van der Waals surface area contributed by atoms with Crippen LogP contribution in [0.25, 0.3) is 33.1 Å². The predicted octanol–water partition coefficient (Wildman–Crippen LogP) is 5.72. The summed E-state index contributed by atoms with van der Waals surface area (Å²) in [7, 11) is 0. The van der Waals surface area contributed by atoms with Gasteiger partial charge < -0.3 is 10.2 Å². The third kappa shape index (κ3) is 3.33. The number of hydrogen-bond acceptors (Lipinski definition) is 3. The van der Waals surface area contributed by atoms with Gasteiger partial charge in [0, 0.05) is 16.3 Å². The highest BCUT2D eigenvalue weighted by Crippen LogP contribution is 2.32. The molecule has 0 saturated carbocycles. The number of hydrogen-bond donors (Lipinski definition) is 1. The van der Waals surface area contributed by atoms with E-state index in [0.29, 0.717) is 12.0 Å². The molecule has 0 aliphatic heterocycles. The first-order chi connectivity index (χ1) is 13.3. The molecule has 3 nitrogen and oxygen atoms in total. The van der Waals surface area contributed by atoms with Gasteiger partial charge in [-0.15, -0.1) is 0 Å². The van der Waals surface area contributed by atoms with Gasteiger partial charge in [-0.1, -0.05) is 54.6 Å². The summed E-state index contributed by atoms with van der Waals surface area (Å²) in [4.78, 5) is 0. The number of nitriles is 1. The fourth-order valence-corrected chi connectivity index (χ4v) is 3.22. The lowest BCUT2D eigenvalue weighted by molar-refractivity contribution is 0.669. The van der Waals surface area contributed by atoms with Crippen LogP contribution in [0.15, 0.2) is 95.1 Å². The zero-order valence-corrected chi connectivity index (χ0v) is 14.7. The zero-order chi connectivity index (χ0) is 18.6. The molecule has 0 aliphatic carbocycles. The Bertz CT molecular complexity index is 1200. The van der Waals surface area contributed by atoms with Crippen molar-refractivity contribution in [3.63, 3.8) is 0 Å². The minimum Gasteiger partial charge on any atom is -0.456 e. The van der Waals surface area contributed by atoms with Crippen molar-refractivity contribution >= 4 is 21.9 Å². The first-order valence-corrected chi connectivity index (χ1v) is 8.77. The molecule has 0 bridgehead atoms. The Morgan fingerprint density at radius 2 is 1.67 bits per heavy atom. The molecule has 130 valence electrons. The third-order valence-electron chi connectivity index (χ3n) is 4.63. The van der Waals surface area contributed by atoms with Crippen LogP contribution in [0.1, 0.15) is 5.56 Å². The van der Waals surface area contributed by atoms with Crippen LogP contribution in [0.3, 0.4) is 0 Å². The molecule has 2 N–H and O–H groups in total. The monoisotopic (exact) mass is 350 g/mol. The molecule has 0 saturated heterocycles. The lowest BCUT2D eigenvalue weighted by Crippen LogP contribution is -1.85. The van der Waals surface area contributed by atoms with Gasteiger partial charge in [0.1, 0.15) is 11.2 Å². The van der Waals surface area contributed by atoms with E-state index in [9.17, 15) is 0 Å². The number of benzene rings is 3. The van der Waals surface area contributed by atoms with Gasteiger partial charge in [0.2, 0.25) is 0 Å². The van der Waals surface area contributed by atoms with Crippen molar-refractivity contribution in [1.82, 2.24) is 0 Å². The molecule has 0 atom stereocenters.